The molecule has 1 N–H and O–H groups in total. The van der Waals surface area contributed by atoms with Gasteiger partial charge in [0.25, 0.3) is 0 Å². The molecule has 1 heterocycles. The van der Waals surface area contributed by atoms with Gasteiger partial charge in [0.1, 0.15) is 0 Å². The predicted octanol–water partition coefficient (Wildman–Crippen LogP) is 2.68. The molecule has 3 aliphatic carbocycles. The highest BCUT2D eigenvalue weighted by Crippen LogP contribution is 2.70. The fourth-order valence-corrected chi connectivity index (χ4v) is 5.74. The average Bonchev–Trinajstić information content (AvgIpc) is 2.84. The van der Waals surface area contributed by atoms with Crippen molar-refractivity contribution in [3.05, 3.63) is 0 Å². The van der Waals surface area contributed by atoms with Gasteiger partial charge in [-0.3, -0.25) is 0 Å². The first kappa shape index (κ1) is 11.7. The number of ether oxygens (including phenoxy) is 1. The summed E-state index contributed by atoms with van der Waals surface area (Å²) in [4.78, 5) is 0. The number of nitrogens with one attached hydrogen (secondary N) is 1. The normalized spacial score (nSPS) is 48.2. The monoisotopic (exact) mass is 249 g/mol. The third kappa shape index (κ3) is 1.76. The van der Waals surface area contributed by atoms with Crippen molar-refractivity contribution in [1.29, 1.82) is 0 Å². The van der Waals surface area contributed by atoms with E-state index in [-0.39, 0.29) is 0 Å². The highest BCUT2D eigenvalue weighted by Gasteiger charge is 2.66. The van der Waals surface area contributed by atoms with Gasteiger partial charge >= 0.3 is 0 Å². The lowest BCUT2D eigenvalue weighted by molar-refractivity contribution is 0.0592. The standard InChI is InChI=1S/C16H27NO/c1-17-13(8-10-4-6-18-7-5-10)16-14-11-2-3-12(9-11)15(14)16/h10-17H,2-9H2,1H3. The minimum atomic E-state index is 0.812. The third-order valence-corrected chi connectivity index (χ3v) is 6.56. The Balaban J connectivity index is 1.38. The molecular formula is C16H27NO. The van der Waals surface area contributed by atoms with E-state index in [4.69, 9.17) is 4.74 Å². The van der Waals surface area contributed by atoms with Gasteiger partial charge in [-0.15, -0.1) is 0 Å². The molecule has 102 valence electrons. The zero-order valence-electron chi connectivity index (χ0n) is 11.6. The van der Waals surface area contributed by atoms with E-state index in [0.717, 1.165) is 54.8 Å². The summed E-state index contributed by atoms with van der Waals surface area (Å²) in [5, 5.41) is 3.67. The average molecular weight is 249 g/mol. The van der Waals surface area contributed by atoms with Crippen LogP contribution < -0.4 is 5.32 Å². The van der Waals surface area contributed by atoms with Crippen molar-refractivity contribution in [2.24, 2.45) is 35.5 Å². The molecule has 0 spiro atoms. The van der Waals surface area contributed by atoms with Crippen LogP contribution in [-0.4, -0.2) is 26.3 Å². The number of hydrogen-bond donors (Lipinski definition) is 1. The van der Waals surface area contributed by atoms with E-state index in [1.165, 1.54) is 19.3 Å². The fourth-order valence-electron chi connectivity index (χ4n) is 5.74. The minimum absolute atomic E-state index is 0.812. The summed E-state index contributed by atoms with van der Waals surface area (Å²) in [5.74, 6) is 6.47. The van der Waals surface area contributed by atoms with Crippen LogP contribution in [0.4, 0.5) is 0 Å². The molecule has 2 nitrogen and oxygen atoms in total. The second kappa shape index (κ2) is 4.49. The maximum absolute atomic E-state index is 5.49. The van der Waals surface area contributed by atoms with Crippen molar-refractivity contribution in [1.82, 2.24) is 5.32 Å². The van der Waals surface area contributed by atoms with Crippen molar-refractivity contribution < 1.29 is 4.74 Å². The highest BCUT2D eigenvalue weighted by atomic mass is 16.5. The van der Waals surface area contributed by atoms with Crippen LogP contribution in [0.15, 0.2) is 0 Å². The molecule has 0 aromatic carbocycles. The number of fused-ring (bicyclic) bond motifs is 5. The Kier molecular flexibility index (Phi) is 2.92. The van der Waals surface area contributed by atoms with Crippen LogP contribution in [-0.2, 0) is 4.74 Å². The molecule has 0 aromatic rings. The van der Waals surface area contributed by atoms with Gasteiger partial charge in [-0.1, -0.05) is 0 Å². The van der Waals surface area contributed by atoms with Gasteiger partial charge in [-0.25, -0.2) is 0 Å². The molecule has 4 fully saturated rings. The first-order valence-electron chi connectivity index (χ1n) is 8.13. The summed E-state index contributed by atoms with van der Waals surface area (Å²) in [6.07, 6.45) is 8.70. The lowest BCUT2D eigenvalue weighted by atomic mass is 9.87. The van der Waals surface area contributed by atoms with E-state index in [1.807, 2.05) is 0 Å². The zero-order valence-corrected chi connectivity index (χ0v) is 11.6. The van der Waals surface area contributed by atoms with E-state index in [0.29, 0.717) is 0 Å². The van der Waals surface area contributed by atoms with E-state index < -0.39 is 0 Å². The number of rotatable bonds is 4. The molecule has 2 bridgehead atoms. The Morgan fingerprint density at radius 2 is 1.72 bits per heavy atom. The molecule has 18 heavy (non-hydrogen) atoms. The van der Waals surface area contributed by atoms with Crippen LogP contribution >= 0.6 is 0 Å². The molecule has 0 amide bonds. The van der Waals surface area contributed by atoms with Crippen LogP contribution in [0.1, 0.15) is 38.5 Å². The van der Waals surface area contributed by atoms with Gasteiger partial charge in [0.15, 0.2) is 0 Å². The molecule has 4 rings (SSSR count). The van der Waals surface area contributed by atoms with E-state index in [9.17, 15) is 0 Å². The lowest BCUT2D eigenvalue weighted by Gasteiger charge is -2.28. The van der Waals surface area contributed by atoms with E-state index >= 15 is 0 Å². The second-order valence-electron chi connectivity index (χ2n) is 7.25. The van der Waals surface area contributed by atoms with Gasteiger partial charge in [-0.05, 0) is 81.1 Å². The molecule has 5 unspecified atom stereocenters. The van der Waals surface area contributed by atoms with Crippen LogP contribution in [0.25, 0.3) is 0 Å². The minimum Gasteiger partial charge on any atom is -0.381 e. The molecule has 1 saturated heterocycles. The van der Waals surface area contributed by atoms with Crippen molar-refractivity contribution in [3.8, 4) is 0 Å². The predicted molar refractivity (Wildman–Crippen MR) is 72.3 cm³/mol. The quantitative estimate of drug-likeness (QED) is 0.827. The molecule has 0 radical (unpaired) electrons. The Morgan fingerprint density at radius 1 is 1.06 bits per heavy atom. The topological polar surface area (TPSA) is 21.3 Å². The SMILES string of the molecule is CNC(CC1CCOCC1)C1C2C3CCC(C3)C21. The first-order chi connectivity index (χ1) is 8.88. The zero-order chi connectivity index (χ0) is 12.1. The second-order valence-corrected chi connectivity index (χ2v) is 7.25. The van der Waals surface area contributed by atoms with Crippen molar-refractivity contribution in [2.75, 3.05) is 20.3 Å². The van der Waals surface area contributed by atoms with Gasteiger partial charge in [-0.2, -0.15) is 0 Å². The van der Waals surface area contributed by atoms with Crippen molar-refractivity contribution in [2.45, 2.75) is 44.6 Å². The van der Waals surface area contributed by atoms with Crippen LogP contribution in [0, 0.1) is 35.5 Å². The van der Waals surface area contributed by atoms with Crippen LogP contribution in [0.3, 0.4) is 0 Å². The third-order valence-electron chi connectivity index (χ3n) is 6.56. The summed E-state index contributed by atoms with van der Waals surface area (Å²) in [6.45, 7) is 2.01. The Morgan fingerprint density at radius 3 is 2.33 bits per heavy atom. The summed E-state index contributed by atoms with van der Waals surface area (Å²) >= 11 is 0. The smallest absolute Gasteiger partial charge is 0.0468 e. The molecule has 4 aliphatic rings. The van der Waals surface area contributed by atoms with Gasteiger partial charge in [0.05, 0.1) is 0 Å². The maximum Gasteiger partial charge on any atom is 0.0468 e. The molecule has 1 aliphatic heterocycles. The summed E-state index contributed by atoms with van der Waals surface area (Å²) in [6, 6.07) is 0.812. The van der Waals surface area contributed by atoms with Crippen LogP contribution in [0.2, 0.25) is 0 Å². The molecule has 0 aromatic heterocycles. The molecule has 2 heteroatoms. The van der Waals surface area contributed by atoms with Crippen molar-refractivity contribution in [3.63, 3.8) is 0 Å². The molecule has 3 saturated carbocycles. The fraction of sp³-hybridized carbons (Fsp3) is 1.00. The Bertz CT molecular complexity index is 296. The van der Waals surface area contributed by atoms with Crippen LogP contribution in [0.5, 0.6) is 0 Å². The largest absolute Gasteiger partial charge is 0.381 e. The lowest BCUT2D eigenvalue weighted by Crippen LogP contribution is -2.34. The van der Waals surface area contributed by atoms with E-state index in [2.05, 4.69) is 12.4 Å². The van der Waals surface area contributed by atoms with E-state index in [1.54, 1.807) is 19.3 Å². The van der Waals surface area contributed by atoms with Gasteiger partial charge in [0, 0.05) is 19.3 Å². The van der Waals surface area contributed by atoms with Crippen molar-refractivity contribution >= 4 is 0 Å². The summed E-state index contributed by atoms with van der Waals surface area (Å²) in [5.41, 5.74) is 0. The van der Waals surface area contributed by atoms with Gasteiger partial charge in [0.2, 0.25) is 0 Å². The summed E-state index contributed by atoms with van der Waals surface area (Å²) < 4.78 is 5.49. The maximum atomic E-state index is 5.49. The highest BCUT2D eigenvalue weighted by molar-refractivity contribution is 5.15. The molecule has 5 atom stereocenters. The number of hydrogen-bond acceptors (Lipinski definition) is 2. The van der Waals surface area contributed by atoms with Gasteiger partial charge < -0.3 is 10.1 Å². The Hall–Kier alpha value is -0.0800. The molecular weight excluding hydrogens is 222 g/mol. The first-order valence-corrected chi connectivity index (χ1v) is 8.13. The summed E-state index contributed by atoms with van der Waals surface area (Å²) in [7, 11) is 2.19. The Labute approximate surface area is 111 Å².